The molecule has 2 nitrogen and oxygen atoms in total. The first-order valence-electron chi connectivity index (χ1n) is 2.69. The summed E-state index contributed by atoms with van der Waals surface area (Å²) in [5.41, 5.74) is 0. The van der Waals surface area contributed by atoms with Crippen LogP contribution in [0.15, 0.2) is 24.3 Å². The van der Waals surface area contributed by atoms with Gasteiger partial charge >= 0.3 is 0 Å². The van der Waals surface area contributed by atoms with E-state index in [1.165, 1.54) is 7.14 Å². The van der Waals surface area contributed by atoms with E-state index in [1.54, 1.807) is 0 Å². The van der Waals surface area contributed by atoms with Gasteiger partial charge in [-0.1, -0.05) is 6.07 Å². The zero-order valence-electron chi connectivity index (χ0n) is 5.50. The van der Waals surface area contributed by atoms with E-state index in [0.29, 0.717) is 0 Å². The monoisotopic (exact) mass is 376 g/mol. The molecule has 0 fully saturated rings. The van der Waals surface area contributed by atoms with Crippen molar-refractivity contribution in [3.05, 3.63) is 31.4 Å². The minimum atomic E-state index is -0.250. The lowest BCUT2D eigenvalue weighted by Gasteiger charge is -1.87. The molecular weight excluding hydrogens is 370 g/mol. The molecule has 4 heteroatoms. The van der Waals surface area contributed by atoms with Gasteiger partial charge in [-0.3, -0.25) is 4.79 Å². The number of hydrogen-bond donors (Lipinski definition) is 1. The van der Waals surface area contributed by atoms with Gasteiger partial charge in [0.1, 0.15) is 0 Å². The quantitative estimate of drug-likeness (QED) is 0.559. The van der Waals surface area contributed by atoms with E-state index in [9.17, 15) is 0 Å². The molecule has 11 heavy (non-hydrogen) atoms. The summed E-state index contributed by atoms with van der Waals surface area (Å²) in [5.74, 6) is 0. The van der Waals surface area contributed by atoms with Gasteiger partial charge in [-0.2, -0.15) is 0 Å². The molecule has 1 rings (SSSR count). The molecule has 1 aromatic rings. The molecule has 0 atom stereocenters. The van der Waals surface area contributed by atoms with Crippen LogP contribution in [0.1, 0.15) is 0 Å². The van der Waals surface area contributed by atoms with Crippen LogP contribution in [-0.4, -0.2) is 11.6 Å². The molecule has 0 bridgehead atoms. The fourth-order valence-corrected chi connectivity index (χ4v) is 2.14. The van der Waals surface area contributed by atoms with Crippen molar-refractivity contribution in [1.82, 2.24) is 0 Å². The topological polar surface area (TPSA) is 37.3 Å². The summed E-state index contributed by atoms with van der Waals surface area (Å²) in [5, 5.41) is 6.89. The van der Waals surface area contributed by atoms with Crippen LogP contribution in [0.2, 0.25) is 0 Å². The number of carbonyl (C=O) groups is 1. The predicted molar refractivity (Wildman–Crippen MR) is 60.6 cm³/mol. The Morgan fingerprint density at radius 3 is 1.82 bits per heavy atom. The van der Waals surface area contributed by atoms with E-state index >= 15 is 0 Å². The molecule has 1 N–H and O–H groups in total. The molecule has 0 unspecified atom stereocenters. The van der Waals surface area contributed by atoms with Gasteiger partial charge in [0.25, 0.3) is 6.47 Å². The Kier molecular flexibility index (Phi) is 6.93. The van der Waals surface area contributed by atoms with Gasteiger partial charge in [0, 0.05) is 7.14 Å². The largest absolute Gasteiger partial charge is 0.483 e. The van der Waals surface area contributed by atoms with E-state index in [0.717, 1.165) is 0 Å². The van der Waals surface area contributed by atoms with E-state index in [-0.39, 0.29) is 6.47 Å². The van der Waals surface area contributed by atoms with Crippen molar-refractivity contribution in [1.29, 1.82) is 0 Å². The van der Waals surface area contributed by atoms with Crippen LogP contribution in [0.25, 0.3) is 0 Å². The van der Waals surface area contributed by atoms with Gasteiger partial charge in [-0.05, 0) is 63.4 Å². The number of rotatable bonds is 0. The third-order valence-corrected chi connectivity index (χ3v) is 2.13. The van der Waals surface area contributed by atoms with Crippen LogP contribution in [0.4, 0.5) is 0 Å². The SMILES string of the molecule is Ic1cccc(I)c1.O=CO. The number of benzene rings is 1. The standard InChI is InChI=1S/C6H4I2.CH2O2/c7-5-2-1-3-6(8)4-5;2-1-3/h1-4H;1H,(H,2,3). The van der Waals surface area contributed by atoms with Crippen molar-refractivity contribution in [3.8, 4) is 0 Å². The molecule has 0 aromatic heterocycles. The van der Waals surface area contributed by atoms with Crippen LogP contribution in [-0.2, 0) is 4.79 Å². The number of halogens is 2. The van der Waals surface area contributed by atoms with Crippen molar-refractivity contribution in [3.63, 3.8) is 0 Å². The lowest BCUT2D eigenvalue weighted by atomic mass is 10.4. The van der Waals surface area contributed by atoms with Crippen molar-refractivity contribution in [2.45, 2.75) is 0 Å². The smallest absolute Gasteiger partial charge is 0.290 e. The maximum Gasteiger partial charge on any atom is 0.290 e. The third kappa shape index (κ3) is 6.54. The maximum atomic E-state index is 8.36. The highest BCUT2D eigenvalue weighted by Crippen LogP contribution is 2.08. The lowest BCUT2D eigenvalue weighted by molar-refractivity contribution is -0.122. The molecule has 60 valence electrons. The summed E-state index contributed by atoms with van der Waals surface area (Å²) < 4.78 is 2.60. The van der Waals surface area contributed by atoms with Gasteiger partial charge in [0.05, 0.1) is 0 Å². The summed E-state index contributed by atoms with van der Waals surface area (Å²) in [6.45, 7) is -0.250. The first-order valence-corrected chi connectivity index (χ1v) is 4.85. The van der Waals surface area contributed by atoms with E-state index < -0.39 is 0 Å². The first kappa shape index (κ1) is 11.2. The number of carboxylic acid groups (broad SMARTS) is 1. The lowest BCUT2D eigenvalue weighted by Crippen LogP contribution is -1.69. The van der Waals surface area contributed by atoms with Gasteiger partial charge in [0.15, 0.2) is 0 Å². The van der Waals surface area contributed by atoms with Crippen LogP contribution < -0.4 is 0 Å². The normalized spacial score (nSPS) is 7.82. The molecule has 0 aliphatic rings. The van der Waals surface area contributed by atoms with Gasteiger partial charge in [-0.15, -0.1) is 0 Å². The maximum absolute atomic E-state index is 8.36. The average molecular weight is 376 g/mol. The molecule has 0 saturated carbocycles. The molecule has 0 heterocycles. The predicted octanol–water partition coefficient (Wildman–Crippen LogP) is 2.60. The van der Waals surface area contributed by atoms with E-state index in [1.807, 2.05) is 0 Å². The molecule has 0 saturated heterocycles. The summed E-state index contributed by atoms with van der Waals surface area (Å²) in [6.07, 6.45) is 0. The summed E-state index contributed by atoms with van der Waals surface area (Å²) in [6, 6.07) is 8.37. The Labute approximate surface area is 92.3 Å². The van der Waals surface area contributed by atoms with Gasteiger partial charge in [0.2, 0.25) is 0 Å². The minimum Gasteiger partial charge on any atom is -0.483 e. The summed E-state index contributed by atoms with van der Waals surface area (Å²) in [4.78, 5) is 8.36. The molecule has 0 radical (unpaired) electrons. The first-order chi connectivity index (χ1) is 5.20. The second-order valence-corrected chi connectivity index (χ2v) is 4.04. The Morgan fingerprint density at radius 2 is 1.64 bits per heavy atom. The Hall–Kier alpha value is 0.150. The van der Waals surface area contributed by atoms with Crippen molar-refractivity contribution >= 4 is 51.7 Å². The Morgan fingerprint density at radius 1 is 1.27 bits per heavy atom. The van der Waals surface area contributed by atoms with Crippen LogP contribution in [0.3, 0.4) is 0 Å². The van der Waals surface area contributed by atoms with Gasteiger partial charge < -0.3 is 5.11 Å². The second kappa shape index (κ2) is 6.84. The third-order valence-electron chi connectivity index (χ3n) is 0.787. The molecule has 0 amide bonds. The highest BCUT2D eigenvalue weighted by atomic mass is 127. The molecule has 0 aliphatic carbocycles. The fourth-order valence-electron chi connectivity index (χ4n) is 0.460. The van der Waals surface area contributed by atoms with Crippen LogP contribution in [0.5, 0.6) is 0 Å². The van der Waals surface area contributed by atoms with E-state index in [4.69, 9.17) is 9.90 Å². The zero-order chi connectivity index (χ0) is 8.69. The average Bonchev–Trinajstić information content (AvgIpc) is 1.88. The Balaban J connectivity index is 0.000000292. The van der Waals surface area contributed by atoms with Crippen molar-refractivity contribution in [2.75, 3.05) is 0 Å². The highest BCUT2D eigenvalue weighted by molar-refractivity contribution is 14.1. The number of hydrogen-bond acceptors (Lipinski definition) is 1. The summed E-state index contributed by atoms with van der Waals surface area (Å²) in [7, 11) is 0. The Bertz CT molecular complexity index is 208. The highest BCUT2D eigenvalue weighted by Gasteiger charge is 1.83. The molecular formula is C7H6I2O2. The second-order valence-electron chi connectivity index (χ2n) is 1.55. The van der Waals surface area contributed by atoms with Crippen LogP contribution >= 0.6 is 45.2 Å². The summed E-state index contributed by atoms with van der Waals surface area (Å²) >= 11 is 4.60. The zero-order valence-corrected chi connectivity index (χ0v) is 9.81. The van der Waals surface area contributed by atoms with Crippen molar-refractivity contribution < 1.29 is 9.90 Å². The van der Waals surface area contributed by atoms with Crippen molar-refractivity contribution in [2.24, 2.45) is 0 Å². The molecule has 1 aromatic carbocycles. The fraction of sp³-hybridized carbons (Fsp3) is 0. The van der Waals surface area contributed by atoms with E-state index in [2.05, 4.69) is 69.4 Å². The molecule has 0 spiro atoms. The van der Waals surface area contributed by atoms with Gasteiger partial charge in [-0.25, -0.2) is 0 Å². The van der Waals surface area contributed by atoms with Crippen LogP contribution in [0, 0.1) is 7.14 Å². The molecule has 0 aliphatic heterocycles. The minimum absolute atomic E-state index is 0.250.